The van der Waals surface area contributed by atoms with Crippen LogP contribution in [0.3, 0.4) is 0 Å². The maximum Gasteiger partial charge on any atom is 0.249 e. The Morgan fingerprint density at radius 1 is 1.43 bits per heavy atom. The Kier molecular flexibility index (Phi) is 2.15. The maximum atomic E-state index is 11.8. The third kappa shape index (κ3) is 1.25. The molecule has 74 valence electrons. The predicted octanol–water partition coefficient (Wildman–Crippen LogP) is 1.85. The molecule has 1 unspecified atom stereocenters. The number of carbonyl (C=O) groups is 1. The van der Waals surface area contributed by atoms with Crippen molar-refractivity contribution < 1.29 is 4.79 Å². The monoisotopic (exact) mass is 190 g/mol. The molecule has 0 aromatic heterocycles. The van der Waals surface area contributed by atoms with Crippen LogP contribution in [0.2, 0.25) is 0 Å². The highest BCUT2D eigenvalue weighted by Gasteiger charge is 2.27. The molecule has 1 aromatic carbocycles. The van der Waals surface area contributed by atoms with Gasteiger partial charge in [0.05, 0.1) is 11.4 Å². The second-order valence-electron chi connectivity index (χ2n) is 3.52. The lowest BCUT2D eigenvalue weighted by Crippen LogP contribution is -2.44. The Morgan fingerprint density at radius 3 is 2.86 bits per heavy atom. The summed E-state index contributed by atoms with van der Waals surface area (Å²) in [6.45, 7) is 2.01. The Hall–Kier alpha value is -1.51. The lowest BCUT2D eigenvalue weighted by atomic mass is 10.1. The minimum atomic E-state index is -0.0742. The van der Waals surface area contributed by atoms with Crippen molar-refractivity contribution in [2.45, 2.75) is 19.4 Å². The van der Waals surface area contributed by atoms with Crippen LogP contribution in [-0.4, -0.2) is 19.0 Å². The normalized spacial score (nSPS) is 20.3. The van der Waals surface area contributed by atoms with Gasteiger partial charge >= 0.3 is 0 Å². The summed E-state index contributed by atoms with van der Waals surface area (Å²) in [6, 6.07) is 7.79. The Balaban J connectivity index is 2.42. The van der Waals surface area contributed by atoms with Gasteiger partial charge in [-0.15, -0.1) is 0 Å². The fourth-order valence-corrected chi connectivity index (χ4v) is 1.77. The first-order valence-electron chi connectivity index (χ1n) is 4.87. The van der Waals surface area contributed by atoms with E-state index in [2.05, 4.69) is 5.32 Å². The number of anilines is 2. The van der Waals surface area contributed by atoms with Gasteiger partial charge in [0.15, 0.2) is 0 Å². The van der Waals surface area contributed by atoms with Gasteiger partial charge in [-0.05, 0) is 18.6 Å². The molecule has 1 aliphatic rings. The molecule has 0 saturated heterocycles. The zero-order valence-electron chi connectivity index (χ0n) is 8.45. The molecule has 14 heavy (non-hydrogen) atoms. The molecule has 1 atom stereocenters. The molecular formula is C11H14N2O. The fourth-order valence-electron chi connectivity index (χ4n) is 1.77. The molecule has 0 radical (unpaired) electrons. The van der Waals surface area contributed by atoms with E-state index in [4.69, 9.17) is 0 Å². The van der Waals surface area contributed by atoms with E-state index >= 15 is 0 Å². The van der Waals surface area contributed by atoms with Gasteiger partial charge in [0.2, 0.25) is 5.91 Å². The lowest BCUT2D eigenvalue weighted by Gasteiger charge is -2.32. The van der Waals surface area contributed by atoms with Gasteiger partial charge in [-0.25, -0.2) is 0 Å². The number of amides is 1. The van der Waals surface area contributed by atoms with Gasteiger partial charge in [-0.2, -0.15) is 0 Å². The summed E-state index contributed by atoms with van der Waals surface area (Å²) in [5.41, 5.74) is 2.00. The number of para-hydroxylation sites is 2. The van der Waals surface area contributed by atoms with E-state index in [1.165, 1.54) is 0 Å². The second-order valence-corrected chi connectivity index (χ2v) is 3.52. The first-order chi connectivity index (χ1) is 6.74. The summed E-state index contributed by atoms with van der Waals surface area (Å²) >= 11 is 0. The number of rotatable bonds is 1. The molecule has 1 N–H and O–H groups in total. The molecule has 0 spiro atoms. The summed E-state index contributed by atoms with van der Waals surface area (Å²) in [5.74, 6) is 0.145. The molecule has 0 bridgehead atoms. The highest BCUT2D eigenvalue weighted by Crippen LogP contribution is 2.30. The summed E-state index contributed by atoms with van der Waals surface area (Å²) < 4.78 is 0. The first-order valence-corrected chi connectivity index (χ1v) is 4.87. The number of benzene rings is 1. The van der Waals surface area contributed by atoms with E-state index in [1.54, 1.807) is 4.90 Å². The average molecular weight is 190 g/mol. The number of nitrogens with zero attached hydrogens (tertiary/aromatic N) is 1. The average Bonchev–Trinajstić information content (AvgIpc) is 2.23. The molecule has 1 aliphatic heterocycles. The van der Waals surface area contributed by atoms with Crippen LogP contribution in [0.25, 0.3) is 0 Å². The molecule has 2 rings (SSSR count). The van der Waals surface area contributed by atoms with Crippen molar-refractivity contribution in [1.29, 1.82) is 0 Å². The van der Waals surface area contributed by atoms with Crippen molar-refractivity contribution in [2.24, 2.45) is 0 Å². The Morgan fingerprint density at radius 2 is 2.14 bits per heavy atom. The number of hydrogen-bond donors (Lipinski definition) is 1. The zero-order valence-corrected chi connectivity index (χ0v) is 8.45. The number of likely N-dealkylation sites (N-methyl/N-ethyl adjacent to an activating group) is 1. The van der Waals surface area contributed by atoms with E-state index in [0.717, 1.165) is 17.8 Å². The zero-order chi connectivity index (χ0) is 10.1. The van der Waals surface area contributed by atoms with E-state index in [0.29, 0.717) is 0 Å². The summed E-state index contributed by atoms with van der Waals surface area (Å²) in [7, 11) is 1.82. The van der Waals surface area contributed by atoms with Gasteiger partial charge in [0.1, 0.15) is 6.04 Å². The molecule has 0 fully saturated rings. The highest BCUT2D eigenvalue weighted by molar-refractivity contribution is 6.04. The number of hydrogen-bond acceptors (Lipinski definition) is 2. The smallest absolute Gasteiger partial charge is 0.249 e. The van der Waals surface area contributed by atoms with Crippen LogP contribution in [0, 0.1) is 0 Å². The summed E-state index contributed by atoms with van der Waals surface area (Å²) in [6.07, 6.45) is 0.817. The standard InChI is InChI=1S/C11H14N2O/c1-3-8-11(14)13(2)10-7-5-4-6-9(10)12-8/h4-8,12H,3H2,1-2H3. The molecule has 1 heterocycles. The summed E-state index contributed by atoms with van der Waals surface area (Å²) in [4.78, 5) is 13.5. The van der Waals surface area contributed by atoms with Gasteiger partial charge in [0, 0.05) is 7.05 Å². The largest absolute Gasteiger partial charge is 0.372 e. The molecule has 3 heteroatoms. The maximum absolute atomic E-state index is 11.8. The number of fused-ring (bicyclic) bond motifs is 1. The fraction of sp³-hybridized carbons (Fsp3) is 0.364. The van der Waals surface area contributed by atoms with Crippen LogP contribution in [0.4, 0.5) is 11.4 Å². The van der Waals surface area contributed by atoms with Gasteiger partial charge < -0.3 is 10.2 Å². The van der Waals surface area contributed by atoms with Crippen molar-refractivity contribution in [2.75, 3.05) is 17.3 Å². The quantitative estimate of drug-likeness (QED) is 0.733. The Bertz CT molecular complexity index is 362. The molecule has 3 nitrogen and oxygen atoms in total. The van der Waals surface area contributed by atoms with Crippen molar-refractivity contribution >= 4 is 17.3 Å². The molecule has 0 aliphatic carbocycles. The Labute approximate surface area is 83.7 Å². The summed E-state index contributed by atoms with van der Waals surface area (Å²) in [5, 5.41) is 3.24. The minimum Gasteiger partial charge on any atom is -0.372 e. The van der Waals surface area contributed by atoms with E-state index < -0.39 is 0 Å². The van der Waals surface area contributed by atoms with Gasteiger partial charge in [0.25, 0.3) is 0 Å². The topological polar surface area (TPSA) is 32.3 Å². The van der Waals surface area contributed by atoms with Crippen LogP contribution < -0.4 is 10.2 Å². The predicted molar refractivity (Wildman–Crippen MR) is 57.6 cm³/mol. The first kappa shape index (κ1) is 9.06. The van der Waals surface area contributed by atoms with Crippen molar-refractivity contribution in [3.63, 3.8) is 0 Å². The molecular weight excluding hydrogens is 176 g/mol. The van der Waals surface area contributed by atoms with Crippen LogP contribution in [0.5, 0.6) is 0 Å². The molecule has 1 aromatic rings. The SMILES string of the molecule is CCC1Nc2ccccc2N(C)C1=O. The highest BCUT2D eigenvalue weighted by atomic mass is 16.2. The second kappa shape index (κ2) is 3.33. The van der Waals surface area contributed by atoms with Crippen LogP contribution in [0.15, 0.2) is 24.3 Å². The minimum absolute atomic E-state index is 0.0742. The number of nitrogens with one attached hydrogen (secondary N) is 1. The van der Waals surface area contributed by atoms with Crippen molar-refractivity contribution in [1.82, 2.24) is 0 Å². The van der Waals surface area contributed by atoms with Gasteiger partial charge in [-0.1, -0.05) is 19.1 Å². The van der Waals surface area contributed by atoms with Gasteiger partial charge in [-0.3, -0.25) is 4.79 Å². The van der Waals surface area contributed by atoms with E-state index in [9.17, 15) is 4.79 Å². The van der Waals surface area contributed by atoms with E-state index in [1.807, 2.05) is 38.2 Å². The van der Waals surface area contributed by atoms with E-state index in [-0.39, 0.29) is 11.9 Å². The molecule has 0 saturated carbocycles. The lowest BCUT2D eigenvalue weighted by molar-refractivity contribution is -0.119. The van der Waals surface area contributed by atoms with Crippen LogP contribution in [-0.2, 0) is 4.79 Å². The molecule has 1 amide bonds. The van der Waals surface area contributed by atoms with Crippen LogP contribution >= 0.6 is 0 Å². The number of carbonyl (C=O) groups excluding carboxylic acids is 1. The third-order valence-electron chi connectivity index (χ3n) is 2.63. The van der Waals surface area contributed by atoms with Crippen molar-refractivity contribution in [3.8, 4) is 0 Å². The van der Waals surface area contributed by atoms with Crippen molar-refractivity contribution in [3.05, 3.63) is 24.3 Å². The van der Waals surface area contributed by atoms with Crippen LogP contribution in [0.1, 0.15) is 13.3 Å². The third-order valence-corrected chi connectivity index (χ3v) is 2.63.